The molecule has 0 bridgehead atoms. The molecule has 3 aromatic carbocycles. The molecule has 1 aliphatic heterocycles. The highest BCUT2D eigenvalue weighted by Crippen LogP contribution is 2.37. The second kappa shape index (κ2) is 8.47. The summed E-state index contributed by atoms with van der Waals surface area (Å²) in [6.07, 6.45) is -0.349. The molecule has 1 atom stereocenters. The van der Waals surface area contributed by atoms with Crippen LogP contribution in [-0.4, -0.2) is 38.3 Å². The van der Waals surface area contributed by atoms with Crippen LogP contribution in [0.25, 0.3) is 0 Å². The SMILES string of the molecule is COc1ccc(N2C(=O)c3ccccc3N[C@H]2c2ccc(N(C)CCO)cc2)cc1. The summed E-state index contributed by atoms with van der Waals surface area (Å²) in [6.45, 7) is 0.657. The molecule has 1 amide bonds. The fourth-order valence-corrected chi connectivity index (χ4v) is 3.69. The minimum absolute atomic E-state index is 0.0546. The maximum absolute atomic E-state index is 13.4. The predicted octanol–water partition coefficient (Wildman–Crippen LogP) is 3.89. The lowest BCUT2D eigenvalue weighted by molar-refractivity contribution is 0.0975. The zero-order chi connectivity index (χ0) is 21.1. The van der Waals surface area contributed by atoms with E-state index in [-0.39, 0.29) is 18.7 Å². The van der Waals surface area contributed by atoms with Gasteiger partial charge in [0.2, 0.25) is 0 Å². The first kappa shape index (κ1) is 19.8. The first-order valence-corrected chi connectivity index (χ1v) is 9.87. The van der Waals surface area contributed by atoms with E-state index in [0.717, 1.165) is 28.4 Å². The van der Waals surface area contributed by atoms with E-state index < -0.39 is 0 Å². The average Bonchev–Trinajstić information content (AvgIpc) is 2.79. The molecule has 1 aliphatic rings. The van der Waals surface area contributed by atoms with Crippen LogP contribution in [0.2, 0.25) is 0 Å². The number of hydrogen-bond donors (Lipinski definition) is 2. The van der Waals surface area contributed by atoms with Crippen molar-refractivity contribution >= 4 is 23.0 Å². The van der Waals surface area contributed by atoms with Gasteiger partial charge in [-0.2, -0.15) is 0 Å². The number of rotatable bonds is 6. The Kier molecular flexibility index (Phi) is 5.59. The summed E-state index contributed by atoms with van der Waals surface area (Å²) in [5.41, 5.74) is 4.22. The van der Waals surface area contributed by atoms with E-state index in [2.05, 4.69) is 5.32 Å². The van der Waals surface area contributed by atoms with Crippen molar-refractivity contribution in [3.05, 3.63) is 83.9 Å². The summed E-state index contributed by atoms with van der Waals surface area (Å²) in [7, 11) is 3.56. The minimum Gasteiger partial charge on any atom is -0.497 e. The Hall–Kier alpha value is -3.51. The highest BCUT2D eigenvalue weighted by molar-refractivity contribution is 6.12. The number of nitrogens with one attached hydrogen (secondary N) is 1. The number of para-hydroxylation sites is 1. The average molecular weight is 403 g/mol. The standard InChI is InChI=1S/C24H25N3O3/c1-26(15-16-28)18-9-7-17(8-10-18)23-25-22-6-4-3-5-21(22)24(29)27(23)19-11-13-20(30-2)14-12-19/h3-14,23,25,28H,15-16H2,1-2H3/t23-/m1/s1. The zero-order valence-electron chi connectivity index (χ0n) is 17.1. The van der Waals surface area contributed by atoms with Gasteiger partial charge in [0.05, 0.1) is 19.3 Å². The Morgan fingerprint density at radius 2 is 1.73 bits per heavy atom. The molecule has 6 nitrogen and oxygen atoms in total. The molecule has 0 radical (unpaired) electrons. The van der Waals surface area contributed by atoms with Crippen LogP contribution in [0.4, 0.5) is 17.1 Å². The smallest absolute Gasteiger partial charge is 0.262 e. The van der Waals surface area contributed by atoms with Crippen molar-refractivity contribution < 1.29 is 14.6 Å². The number of carbonyl (C=O) groups excluding carboxylic acids is 1. The predicted molar refractivity (Wildman–Crippen MR) is 119 cm³/mol. The number of anilines is 3. The Morgan fingerprint density at radius 3 is 2.40 bits per heavy atom. The summed E-state index contributed by atoms with van der Waals surface area (Å²) in [5, 5.41) is 12.7. The maximum Gasteiger partial charge on any atom is 0.262 e. The fraction of sp³-hybridized carbons (Fsp3) is 0.208. The van der Waals surface area contributed by atoms with Gasteiger partial charge in [-0.1, -0.05) is 24.3 Å². The van der Waals surface area contributed by atoms with Gasteiger partial charge in [0.25, 0.3) is 5.91 Å². The number of aliphatic hydroxyl groups is 1. The number of likely N-dealkylation sites (N-methyl/N-ethyl adjacent to an activating group) is 1. The Morgan fingerprint density at radius 1 is 1.03 bits per heavy atom. The number of hydrogen-bond acceptors (Lipinski definition) is 5. The summed E-state index contributed by atoms with van der Waals surface area (Å²) in [6, 6.07) is 23.1. The Balaban J connectivity index is 1.74. The van der Waals surface area contributed by atoms with Crippen molar-refractivity contribution in [2.75, 3.05) is 42.4 Å². The number of nitrogens with zero attached hydrogens (tertiary/aromatic N) is 2. The van der Waals surface area contributed by atoms with Crippen LogP contribution in [0.1, 0.15) is 22.1 Å². The van der Waals surface area contributed by atoms with Gasteiger partial charge in [-0.05, 0) is 54.1 Å². The summed E-state index contributed by atoms with van der Waals surface area (Å²) < 4.78 is 5.26. The fourth-order valence-electron chi connectivity index (χ4n) is 3.69. The van der Waals surface area contributed by atoms with E-state index in [1.54, 1.807) is 12.0 Å². The molecule has 4 rings (SSSR count). The van der Waals surface area contributed by atoms with E-state index in [9.17, 15) is 9.90 Å². The lowest BCUT2D eigenvalue weighted by atomic mass is 10.0. The van der Waals surface area contributed by atoms with Crippen LogP contribution >= 0.6 is 0 Å². The zero-order valence-corrected chi connectivity index (χ0v) is 17.1. The second-order valence-corrected chi connectivity index (χ2v) is 7.20. The van der Waals surface area contributed by atoms with Crippen molar-refractivity contribution in [3.8, 4) is 5.75 Å². The number of ether oxygens (including phenoxy) is 1. The monoisotopic (exact) mass is 403 g/mol. The Labute approximate surface area is 176 Å². The topological polar surface area (TPSA) is 65.0 Å². The van der Waals surface area contributed by atoms with Crippen LogP contribution < -0.4 is 19.9 Å². The minimum atomic E-state index is -0.349. The molecule has 0 saturated heterocycles. The number of benzene rings is 3. The van der Waals surface area contributed by atoms with Gasteiger partial charge in [0, 0.05) is 30.7 Å². The number of carbonyl (C=O) groups is 1. The molecule has 0 unspecified atom stereocenters. The molecule has 1 heterocycles. The number of aliphatic hydroxyl groups excluding tert-OH is 1. The van der Waals surface area contributed by atoms with Crippen LogP contribution in [0.5, 0.6) is 5.75 Å². The van der Waals surface area contributed by atoms with Crippen molar-refractivity contribution in [1.29, 1.82) is 0 Å². The van der Waals surface area contributed by atoms with Crippen molar-refractivity contribution in [1.82, 2.24) is 0 Å². The largest absolute Gasteiger partial charge is 0.497 e. The maximum atomic E-state index is 13.4. The third-order valence-corrected chi connectivity index (χ3v) is 5.36. The highest BCUT2D eigenvalue weighted by Gasteiger charge is 2.34. The molecule has 0 saturated carbocycles. The first-order valence-electron chi connectivity index (χ1n) is 9.87. The quantitative estimate of drug-likeness (QED) is 0.654. The second-order valence-electron chi connectivity index (χ2n) is 7.20. The molecule has 0 aliphatic carbocycles. The van der Waals surface area contributed by atoms with Crippen molar-refractivity contribution in [2.24, 2.45) is 0 Å². The first-order chi connectivity index (χ1) is 14.6. The van der Waals surface area contributed by atoms with E-state index in [1.165, 1.54) is 0 Å². The summed E-state index contributed by atoms with van der Waals surface area (Å²) >= 11 is 0. The van der Waals surface area contributed by atoms with Crippen LogP contribution in [-0.2, 0) is 0 Å². The number of amides is 1. The lowest BCUT2D eigenvalue weighted by Gasteiger charge is -2.38. The van der Waals surface area contributed by atoms with Gasteiger partial charge < -0.3 is 20.1 Å². The third-order valence-electron chi connectivity index (χ3n) is 5.36. The molecule has 0 aromatic heterocycles. The highest BCUT2D eigenvalue weighted by atomic mass is 16.5. The third kappa shape index (κ3) is 3.69. The van der Waals surface area contributed by atoms with Crippen LogP contribution in [0.15, 0.2) is 72.8 Å². The number of methoxy groups -OCH3 is 1. The molecule has 30 heavy (non-hydrogen) atoms. The molecule has 0 fully saturated rings. The molecule has 154 valence electrons. The van der Waals surface area contributed by atoms with Gasteiger partial charge in [-0.3, -0.25) is 9.69 Å². The molecule has 0 spiro atoms. The lowest BCUT2D eigenvalue weighted by Crippen LogP contribution is -2.43. The molecular formula is C24H25N3O3. The number of fused-ring (bicyclic) bond motifs is 1. The van der Waals surface area contributed by atoms with Gasteiger partial charge in [0.1, 0.15) is 11.9 Å². The van der Waals surface area contributed by atoms with Gasteiger partial charge in [-0.25, -0.2) is 0 Å². The van der Waals surface area contributed by atoms with Crippen LogP contribution in [0.3, 0.4) is 0 Å². The molecule has 6 heteroatoms. The molecule has 2 N–H and O–H groups in total. The molecule has 3 aromatic rings. The van der Waals surface area contributed by atoms with Gasteiger partial charge in [-0.15, -0.1) is 0 Å². The van der Waals surface area contributed by atoms with E-state index in [0.29, 0.717) is 12.1 Å². The molecular weight excluding hydrogens is 378 g/mol. The van der Waals surface area contributed by atoms with E-state index >= 15 is 0 Å². The van der Waals surface area contributed by atoms with Gasteiger partial charge in [0.15, 0.2) is 0 Å². The summed E-state index contributed by atoms with van der Waals surface area (Å²) in [4.78, 5) is 17.2. The Bertz CT molecular complexity index is 1020. The van der Waals surface area contributed by atoms with Crippen molar-refractivity contribution in [2.45, 2.75) is 6.17 Å². The van der Waals surface area contributed by atoms with Crippen molar-refractivity contribution in [3.63, 3.8) is 0 Å². The van der Waals surface area contributed by atoms with E-state index in [4.69, 9.17) is 4.74 Å². The van der Waals surface area contributed by atoms with Gasteiger partial charge >= 0.3 is 0 Å². The normalized spacial score (nSPS) is 15.4. The van der Waals surface area contributed by atoms with Crippen LogP contribution in [0, 0.1) is 0 Å². The summed E-state index contributed by atoms with van der Waals surface area (Å²) in [5.74, 6) is 0.686. The van der Waals surface area contributed by atoms with E-state index in [1.807, 2.05) is 84.7 Å².